The number of allylic oxidation sites excluding steroid dienone is 1. The first-order valence-corrected chi connectivity index (χ1v) is 25.4. The van der Waals surface area contributed by atoms with Gasteiger partial charge in [0.15, 0.2) is 6.29 Å². The van der Waals surface area contributed by atoms with Crippen LogP contribution in [0.3, 0.4) is 0 Å². The van der Waals surface area contributed by atoms with Gasteiger partial charge in [-0.1, -0.05) is 231 Å². The SMILES string of the molecule is CCCCCCCCCCCCC/C=C/C(O)C(CO[C@H]1O[C@H](CO)[C@H](O)[C@H](O)[C@H]1O)NC(=O)CCCCCCCCCCCCCCCCCCCCCCCCC. The Morgan fingerprint density at radius 1 is 0.559 bits per heavy atom. The highest BCUT2D eigenvalue weighted by atomic mass is 16.7. The van der Waals surface area contributed by atoms with E-state index < -0.39 is 49.5 Å². The highest BCUT2D eigenvalue weighted by Gasteiger charge is 2.44. The first-order chi connectivity index (χ1) is 28.8. The summed E-state index contributed by atoms with van der Waals surface area (Å²) >= 11 is 0. The van der Waals surface area contributed by atoms with Gasteiger partial charge in [0.25, 0.3) is 0 Å². The Morgan fingerprint density at radius 3 is 1.32 bits per heavy atom. The molecule has 1 amide bonds. The van der Waals surface area contributed by atoms with Gasteiger partial charge >= 0.3 is 0 Å². The van der Waals surface area contributed by atoms with Crippen LogP contribution in [0, 0.1) is 0 Å². The molecule has 0 aliphatic carbocycles. The molecule has 1 fully saturated rings. The summed E-state index contributed by atoms with van der Waals surface area (Å²) in [6.07, 6.45) is 41.2. The number of aliphatic hydroxyl groups is 5. The molecule has 0 radical (unpaired) electrons. The van der Waals surface area contributed by atoms with Gasteiger partial charge in [-0.05, 0) is 19.3 Å². The summed E-state index contributed by atoms with van der Waals surface area (Å²) in [5.41, 5.74) is 0. The van der Waals surface area contributed by atoms with Gasteiger partial charge in [0.05, 0.1) is 25.4 Å². The van der Waals surface area contributed by atoms with Crippen molar-refractivity contribution in [3.8, 4) is 0 Å². The molecule has 0 aromatic carbocycles. The zero-order valence-electron chi connectivity index (χ0n) is 38.5. The third-order valence-corrected chi connectivity index (χ3v) is 12.4. The largest absolute Gasteiger partial charge is 0.394 e. The predicted molar refractivity (Wildman–Crippen MR) is 244 cm³/mol. The fraction of sp³-hybridized carbons (Fsp3) is 0.940. The van der Waals surface area contributed by atoms with E-state index in [0.717, 1.165) is 38.5 Å². The zero-order valence-corrected chi connectivity index (χ0v) is 38.5. The van der Waals surface area contributed by atoms with Crippen molar-refractivity contribution in [1.29, 1.82) is 0 Å². The molecule has 1 aliphatic rings. The van der Waals surface area contributed by atoms with Gasteiger partial charge in [-0.15, -0.1) is 0 Å². The van der Waals surface area contributed by atoms with Crippen LogP contribution in [0.15, 0.2) is 12.2 Å². The van der Waals surface area contributed by atoms with Crippen molar-refractivity contribution in [3.05, 3.63) is 12.2 Å². The lowest BCUT2D eigenvalue weighted by atomic mass is 9.99. The van der Waals surface area contributed by atoms with Crippen LogP contribution in [0.5, 0.6) is 0 Å². The van der Waals surface area contributed by atoms with Crippen molar-refractivity contribution in [2.24, 2.45) is 0 Å². The number of carbonyl (C=O) groups excluding carboxylic acids is 1. The average molecular weight is 840 g/mol. The Balaban J connectivity index is 2.24. The number of rotatable bonds is 43. The van der Waals surface area contributed by atoms with E-state index in [1.807, 2.05) is 6.08 Å². The second-order valence-electron chi connectivity index (χ2n) is 18.0. The van der Waals surface area contributed by atoms with Crippen LogP contribution in [-0.4, -0.2) is 87.5 Å². The molecular formula is C50H97NO8. The number of unbranched alkanes of at least 4 members (excludes halogenated alkanes) is 33. The second kappa shape index (κ2) is 41.0. The quantitative estimate of drug-likeness (QED) is 0.0263. The van der Waals surface area contributed by atoms with Crippen LogP contribution in [0.2, 0.25) is 0 Å². The highest BCUT2D eigenvalue weighted by Crippen LogP contribution is 2.23. The molecule has 6 N–H and O–H groups in total. The van der Waals surface area contributed by atoms with Gasteiger partial charge in [0.2, 0.25) is 5.91 Å². The van der Waals surface area contributed by atoms with Crippen molar-refractivity contribution in [3.63, 3.8) is 0 Å². The lowest BCUT2D eigenvalue weighted by molar-refractivity contribution is -0.302. The summed E-state index contributed by atoms with van der Waals surface area (Å²) in [5, 5.41) is 54.3. The van der Waals surface area contributed by atoms with E-state index in [2.05, 4.69) is 19.2 Å². The van der Waals surface area contributed by atoms with E-state index in [-0.39, 0.29) is 12.5 Å². The van der Waals surface area contributed by atoms with Crippen LogP contribution in [0.25, 0.3) is 0 Å². The molecule has 1 rings (SSSR count). The van der Waals surface area contributed by atoms with Crippen molar-refractivity contribution in [2.45, 2.75) is 288 Å². The molecular weight excluding hydrogens is 743 g/mol. The highest BCUT2D eigenvalue weighted by molar-refractivity contribution is 5.76. The number of carbonyl (C=O) groups is 1. The number of aliphatic hydroxyl groups excluding tert-OH is 5. The lowest BCUT2D eigenvalue weighted by Gasteiger charge is -2.40. The third kappa shape index (κ3) is 31.4. The van der Waals surface area contributed by atoms with Gasteiger partial charge in [-0.2, -0.15) is 0 Å². The van der Waals surface area contributed by atoms with Gasteiger partial charge < -0.3 is 40.3 Å². The maximum absolute atomic E-state index is 13.0. The Hall–Kier alpha value is -1.07. The first-order valence-electron chi connectivity index (χ1n) is 25.4. The smallest absolute Gasteiger partial charge is 0.220 e. The van der Waals surface area contributed by atoms with Crippen LogP contribution in [-0.2, 0) is 14.3 Å². The Bertz CT molecular complexity index is 935. The Kier molecular flexibility index (Phi) is 38.9. The maximum Gasteiger partial charge on any atom is 0.220 e. The zero-order chi connectivity index (χ0) is 43.0. The molecule has 0 saturated carbocycles. The third-order valence-electron chi connectivity index (χ3n) is 12.4. The van der Waals surface area contributed by atoms with E-state index in [1.165, 1.54) is 186 Å². The van der Waals surface area contributed by atoms with Crippen molar-refractivity contribution in [2.75, 3.05) is 13.2 Å². The maximum atomic E-state index is 13.0. The summed E-state index contributed by atoms with van der Waals surface area (Å²) in [6.45, 7) is 3.79. The molecule has 2 unspecified atom stereocenters. The molecule has 59 heavy (non-hydrogen) atoms. The number of hydrogen-bond acceptors (Lipinski definition) is 8. The molecule has 1 aliphatic heterocycles. The van der Waals surface area contributed by atoms with Crippen LogP contribution >= 0.6 is 0 Å². The molecule has 0 bridgehead atoms. The molecule has 7 atom stereocenters. The van der Waals surface area contributed by atoms with E-state index in [9.17, 15) is 30.3 Å². The minimum Gasteiger partial charge on any atom is -0.394 e. The monoisotopic (exact) mass is 840 g/mol. The summed E-state index contributed by atoms with van der Waals surface area (Å²) in [6, 6.07) is -0.798. The normalized spacial score (nSPS) is 20.7. The molecule has 1 heterocycles. The summed E-state index contributed by atoms with van der Waals surface area (Å²) in [7, 11) is 0. The van der Waals surface area contributed by atoms with Gasteiger partial charge in [0, 0.05) is 6.42 Å². The van der Waals surface area contributed by atoms with Crippen LogP contribution in [0.4, 0.5) is 0 Å². The van der Waals surface area contributed by atoms with E-state index in [4.69, 9.17) is 9.47 Å². The first kappa shape index (κ1) is 55.9. The molecule has 1 saturated heterocycles. The van der Waals surface area contributed by atoms with Crippen LogP contribution < -0.4 is 5.32 Å². The fourth-order valence-corrected chi connectivity index (χ4v) is 8.28. The molecule has 0 spiro atoms. The van der Waals surface area contributed by atoms with Crippen LogP contribution in [0.1, 0.15) is 245 Å². The molecule has 0 aromatic rings. The average Bonchev–Trinajstić information content (AvgIpc) is 3.23. The minimum absolute atomic E-state index is 0.172. The van der Waals surface area contributed by atoms with Crippen molar-refractivity contribution < 1.29 is 39.8 Å². The van der Waals surface area contributed by atoms with Crippen molar-refractivity contribution in [1.82, 2.24) is 5.32 Å². The van der Waals surface area contributed by atoms with Gasteiger partial charge in [-0.25, -0.2) is 0 Å². The standard InChI is InChI=1S/C50H97NO8/c1-3-5-7-9-11-13-15-17-18-19-20-21-22-23-24-25-26-28-30-32-34-36-38-40-46(54)51-43(42-58-50-49(57)48(56)47(55)45(41-52)59-50)44(53)39-37-35-33-31-29-27-16-14-12-10-8-6-4-2/h37,39,43-45,47-50,52-53,55-57H,3-36,38,40-42H2,1-2H3,(H,51,54)/b39-37+/t43?,44?,45-,47+,48+,49-,50+/m1/s1. The van der Waals surface area contributed by atoms with E-state index >= 15 is 0 Å². The second-order valence-corrected chi connectivity index (χ2v) is 18.0. The number of nitrogens with one attached hydrogen (secondary N) is 1. The van der Waals surface area contributed by atoms with Gasteiger partial charge in [0.1, 0.15) is 24.4 Å². The predicted octanol–water partition coefficient (Wildman–Crippen LogP) is 11.3. The molecule has 0 aromatic heterocycles. The van der Waals surface area contributed by atoms with E-state index in [0.29, 0.717) is 6.42 Å². The molecule has 9 heteroatoms. The molecule has 9 nitrogen and oxygen atoms in total. The summed E-state index contributed by atoms with van der Waals surface area (Å²) in [5.74, 6) is -0.172. The number of ether oxygens (including phenoxy) is 2. The topological polar surface area (TPSA) is 149 Å². The summed E-state index contributed by atoms with van der Waals surface area (Å²) in [4.78, 5) is 13.0. The number of hydrogen-bond donors (Lipinski definition) is 6. The Labute approximate surface area is 363 Å². The fourth-order valence-electron chi connectivity index (χ4n) is 8.28. The molecule has 350 valence electrons. The van der Waals surface area contributed by atoms with Crippen molar-refractivity contribution >= 4 is 5.91 Å². The van der Waals surface area contributed by atoms with E-state index in [1.54, 1.807) is 6.08 Å². The Morgan fingerprint density at radius 2 is 0.932 bits per heavy atom. The lowest BCUT2D eigenvalue weighted by Crippen LogP contribution is -2.60. The number of amides is 1. The summed E-state index contributed by atoms with van der Waals surface area (Å²) < 4.78 is 11.2. The van der Waals surface area contributed by atoms with Gasteiger partial charge in [-0.3, -0.25) is 4.79 Å². The minimum atomic E-state index is -1.56.